The fraction of sp³-hybridized carbons (Fsp3) is 0.417. The summed E-state index contributed by atoms with van der Waals surface area (Å²) in [6, 6.07) is 3.03. The van der Waals surface area contributed by atoms with Crippen molar-refractivity contribution in [3.05, 3.63) is 34.6 Å². The second-order valence-electron chi connectivity index (χ2n) is 3.76. The van der Waals surface area contributed by atoms with E-state index in [-0.39, 0.29) is 5.56 Å². The second-order valence-corrected chi connectivity index (χ2v) is 3.76. The molecule has 0 saturated heterocycles. The molecule has 0 aliphatic heterocycles. The topological polar surface area (TPSA) is 37.3 Å². The van der Waals surface area contributed by atoms with Gasteiger partial charge in [0.05, 0.1) is 5.92 Å². The number of rotatable bonds is 3. The molecule has 0 aromatic heterocycles. The normalized spacial score (nSPS) is 12.5. The van der Waals surface area contributed by atoms with E-state index in [2.05, 4.69) is 0 Å². The van der Waals surface area contributed by atoms with Crippen molar-refractivity contribution < 1.29 is 14.3 Å². The first-order valence-corrected chi connectivity index (χ1v) is 4.96. The minimum atomic E-state index is -0.973. The van der Waals surface area contributed by atoms with Crippen LogP contribution in [0.4, 0.5) is 4.39 Å². The molecule has 0 saturated carbocycles. The molecule has 2 nitrogen and oxygen atoms in total. The van der Waals surface area contributed by atoms with E-state index in [1.54, 1.807) is 13.0 Å². The van der Waals surface area contributed by atoms with Crippen LogP contribution in [0.5, 0.6) is 0 Å². The Balaban J connectivity index is 3.24. The lowest BCUT2D eigenvalue weighted by molar-refractivity contribution is -0.138. The van der Waals surface area contributed by atoms with Gasteiger partial charge in [-0.3, -0.25) is 4.79 Å². The van der Waals surface area contributed by atoms with Crippen molar-refractivity contribution in [3.8, 4) is 0 Å². The fourth-order valence-corrected chi connectivity index (χ4v) is 1.60. The number of carboxylic acid groups (broad SMARTS) is 1. The number of benzene rings is 1. The Kier molecular flexibility index (Phi) is 3.45. The molecule has 0 heterocycles. The van der Waals surface area contributed by atoms with Crippen LogP contribution in [0.3, 0.4) is 0 Å². The molecular weight excluding hydrogens is 195 g/mol. The summed E-state index contributed by atoms with van der Waals surface area (Å²) in [6.45, 7) is 5.41. The summed E-state index contributed by atoms with van der Waals surface area (Å²) in [5, 5.41) is 8.94. The second kappa shape index (κ2) is 4.43. The molecule has 0 aliphatic carbocycles. The predicted octanol–water partition coefficient (Wildman–Crippen LogP) is 3.02. The number of hydrogen-bond donors (Lipinski definition) is 1. The Morgan fingerprint density at radius 2 is 1.93 bits per heavy atom. The summed E-state index contributed by atoms with van der Waals surface area (Å²) in [7, 11) is 0. The zero-order chi connectivity index (χ0) is 11.6. The van der Waals surface area contributed by atoms with Gasteiger partial charge in [0.25, 0.3) is 0 Å². The Bertz CT molecular complexity index is 385. The lowest BCUT2D eigenvalue weighted by Crippen LogP contribution is -2.12. The van der Waals surface area contributed by atoms with Crippen molar-refractivity contribution in [1.29, 1.82) is 0 Å². The molecule has 1 N–H and O–H groups in total. The van der Waals surface area contributed by atoms with E-state index in [1.807, 2.05) is 13.8 Å². The lowest BCUT2D eigenvalue weighted by Gasteiger charge is -2.13. The molecule has 0 bridgehead atoms. The summed E-state index contributed by atoms with van der Waals surface area (Å²) in [6.07, 6.45) is 0.398. The Morgan fingerprint density at radius 3 is 2.40 bits per heavy atom. The van der Waals surface area contributed by atoms with Crippen LogP contribution in [-0.2, 0) is 4.79 Å². The maximum absolute atomic E-state index is 13.6. The zero-order valence-corrected chi connectivity index (χ0v) is 9.17. The molecular formula is C12H15FO2. The van der Waals surface area contributed by atoms with Gasteiger partial charge in [-0.05, 0) is 37.5 Å². The highest BCUT2D eigenvalue weighted by molar-refractivity contribution is 5.76. The van der Waals surface area contributed by atoms with Crippen LogP contribution in [0.15, 0.2) is 12.1 Å². The van der Waals surface area contributed by atoms with Crippen molar-refractivity contribution in [3.63, 3.8) is 0 Å². The maximum atomic E-state index is 13.6. The third-order valence-corrected chi connectivity index (χ3v) is 2.69. The number of aliphatic carboxylic acids is 1. The van der Waals surface area contributed by atoms with Crippen molar-refractivity contribution in [2.24, 2.45) is 0 Å². The largest absolute Gasteiger partial charge is 0.481 e. The van der Waals surface area contributed by atoms with Crippen LogP contribution in [0.1, 0.15) is 36.0 Å². The van der Waals surface area contributed by atoms with Crippen LogP contribution in [0.25, 0.3) is 0 Å². The third-order valence-electron chi connectivity index (χ3n) is 2.69. The summed E-state index contributed by atoms with van der Waals surface area (Å²) >= 11 is 0. The molecule has 1 rings (SSSR count). The Hall–Kier alpha value is -1.38. The third kappa shape index (κ3) is 2.35. The van der Waals surface area contributed by atoms with Crippen molar-refractivity contribution >= 4 is 5.97 Å². The van der Waals surface area contributed by atoms with Crippen LogP contribution >= 0.6 is 0 Å². The Labute approximate surface area is 88.7 Å². The SMILES string of the molecule is CCC(C(=O)O)c1cc(C)c(C)cc1F. The standard InChI is InChI=1S/C12H15FO2/c1-4-9(12(14)15)10-5-7(2)8(3)6-11(10)13/h5-6,9H,4H2,1-3H3,(H,14,15). The number of carboxylic acids is 1. The van der Waals surface area contributed by atoms with Gasteiger partial charge in [0.2, 0.25) is 0 Å². The van der Waals surface area contributed by atoms with E-state index >= 15 is 0 Å². The number of aryl methyl sites for hydroxylation is 2. The predicted molar refractivity (Wildman–Crippen MR) is 56.5 cm³/mol. The highest BCUT2D eigenvalue weighted by atomic mass is 19.1. The molecule has 3 heteroatoms. The molecule has 0 aliphatic rings. The first kappa shape index (κ1) is 11.7. The average Bonchev–Trinajstić information content (AvgIpc) is 2.14. The van der Waals surface area contributed by atoms with Crippen molar-refractivity contribution in [2.45, 2.75) is 33.1 Å². The van der Waals surface area contributed by atoms with E-state index in [0.717, 1.165) is 11.1 Å². The van der Waals surface area contributed by atoms with Crippen LogP contribution in [0, 0.1) is 19.7 Å². The number of carbonyl (C=O) groups is 1. The lowest BCUT2D eigenvalue weighted by atomic mass is 9.93. The van der Waals surface area contributed by atoms with Crippen LogP contribution in [-0.4, -0.2) is 11.1 Å². The van der Waals surface area contributed by atoms with Crippen molar-refractivity contribution in [1.82, 2.24) is 0 Å². The molecule has 1 aromatic carbocycles. The van der Waals surface area contributed by atoms with Gasteiger partial charge in [0.15, 0.2) is 0 Å². The molecule has 0 fully saturated rings. The summed E-state index contributed by atoms with van der Waals surface area (Å²) < 4.78 is 13.6. The Morgan fingerprint density at radius 1 is 1.40 bits per heavy atom. The molecule has 0 radical (unpaired) electrons. The minimum absolute atomic E-state index is 0.285. The van der Waals surface area contributed by atoms with E-state index in [1.165, 1.54) is 6.07 Å². The van der Waals surface area contributed by atoms with E-state index in [0.29, 0.717) is 6.42 Å². The van der Waals surface area contributed by atoms with E-state index < -0.39 is 17.7 Å². The van der Waals surface area contributed by atoms with Gasteiger partial charge in [0.1, 0.15) is 5.82 Å². The first-order chi connectivity index (χ1) is 6.97. The maximum Gasteiger partial charge on any atom is 0.311 e. The van der Waals surface area contributed by atoms with Crippen LogP contribution < -0.4 is 0 Å². The van der Waals surface area contributed by atoms with E-state index in [9.17, 15) is 9.18 Å². The van der Waals surface area contributed by atoms with Gasteiger partial charge in [-0.2, -0.15) is 0 Å². The molecule has 1 unspecified atom stereocenters. The van der Waals surface area contributed by atoms with Gasteiger partial charge < -0.3 is 5.11 Å². The summed E-state index contributed by atoms with van der Waals surface area (Å²) in [5.74, 6) is -2.14. The molecule has 1 aromatic rings. The molecule has 1 atom stereocenters. The van der Waals surface area contributed by atoms with Gasteiger partial charge in [-0.25, -0.2) is 4.39 Å². The quantitative estimate of drug-likeness (QED) is 0.832. The smallest absolute Gasteiger partial charge is 0.311 e. The van der Waals surface area contributed by atoms with Crippen LogP contribution in [0.2, 0.25) is 0 Å². The molecule has 82 valence electrons. The van der Waals surface area contributed by atoms with Gasteiger partial charge in [0, 0.05) is 5.56 Å². The fourth-order valence-electron chi connectivity index (χ4n) is 1.60. The zero-order valence-electron chi connectivity index (χ0n) is 9.17. The molecule has 0 amide bonds. The molecule has 15 heavy (non-hydrogen) atoms. The number of halogens is 1. The minimum Gasteiger partial charge on any atom is -0.481 e. The van der Waals surface area contributed by atoms with Gasteiger partial charge >= 0.3 is 5.97 Å². The van der Waals surface area contributed by atoms with E-state index in [4.69, 9.17) is 5.11 Å². The molecule has 0 spiro atoms. The van der Waals surface area contributed by atoms with Gasteiger partial charge in [-0.15, -0.1) is 0 Å². The summed E-state index contributed by atoms with van der Waals surface area (Å²) in [4.78, 5) is 10.9. The summed E-state index contributed by atoms with van der Waals surface area (Å²) in [5.41, 5.74) is 2.05. The first-order valence-electron chi connectivity index (χ1n) is 4.96. The average molecular weight is 210 g/mol. The van der Waals surface area contributed by atoms with Gasteiger partial charge in [-0.1, -0.05) is 13.0 Å². The highest BCUT2D eigenvalue weighted by Gasteiger charge is 2.21. The number of hydrogen-bond acceptors (Lipinski definition) is 1. The van der Waals surface area contributed by atoms with Crippen molar-refractivity contribution in [2.75, 3.05) is 0 Å². The highest BCUT2D eigenvalue weighted by Crippen LogP contribution is 2.25. The monoisotopic (exact) mass is 210 g/mol.